The number of aromatic nitrogens is 2. The fraction of sp³-hybridized carbons (Fsp3) is 0.143. The molecule has 4 heteroatoms. The number of hydrogen-bond acceptors (Lipinski definition) is 3. The second-order valence-electron chi connectivity index (χ2n) is 6.11. The molecule has 4 rings (SSSR count). The predicted molar refractivity (Wildman–Crippen MR) is 96.8 cm³/mol. The summed E-state index contributed by atoms with van der Waals surface area (Å²) in [6.45, 7) is 0. The van der Waals surface area contributed by atoms with E-state index in [0.29, 0.717) is 0 Å². The van der Waals surface area contributed by atoms with Crippen LogP contribution in [0, 0.1) is 0 Å². The van der Waals surface area contributed by atoms with Crippen LogP contribution < -0.4 is 4.74 Å². The minimum absolute atomic E-state index is 0.0729. The number of carbonyl (C=O) groups excluding carboxylic acids is 1. The summed E-state index contributed by atoms with van der Waals surface area (Å²) in [6.07, 6.45) is 5.19. The molecule has 0 saturated heterocycles. The first-order valence-electron chi connectivity index (χ1n) is 8.30. The Balaban J connectivity index is 1.60. The molecule has 0 spiro atoms. The van der Waals surface area contributed by atoms with Crippen molar-refractivity contribution in [2.24, 2.45) is 7.05 Å². The molecule has 0 aliphatic heterocycles. The normalized spacial score (nSPS) is 15.2. The van der Waals surface area contributed by atoms with Crippen LogP contribution in [-0.2, 0) is 13.5 Å². The quantitative estimate of drug-likeness (QED) is 0.668. The van der Waals surface area contributed by atoms with Gasteiger partial charge in [0.2, 0.25) is 0 Å². The molecule has 25 heavy (non-hydrogen) atoms. The summed E-state index contributed by atoms with van der Waals surface area (Å²) < 4.78 is 7.66. The van der Waals surface area contributed by atoms with Crippen molar-refractivity contribution in [2.45, 2.75) is 12.8 Å². The molecule has 124 valence electrons. The van der Waals surface area contributed by atoms with Gasteiger partial charge < -0.3 is 4.74 Å². The molecule has 0 bridgehead atoms. The van der Waals surface area contributed by atoms with Crippen molar-refractivity contribution in [3.63, 3.8) is 0 Å². The van der Waals surface area contributed by atoms with Gasteiger partial charge in [-0.25, -0.2) is 0 Å². The van der Waals surface area contributed by atoms with Gasteiger partial charge in [0, 0.05) is 18.3 Å². The lowest BCUT2D eigenvalue weighted by atomic mass is 9.90. The molecule has 1 aromatic heterocycles. The van der Waals surface area contributed by atoms with Gasteiger partial charge >= 0.3 is 0 Å². The SMILES string of the molecule is Cn1ncc2c1CC/C(=C\c1cccc(Oc3ccccc3)c1)C2=O. The van der Waals surface area contributed by atoms with Crippen LogP contribution in [0.5, 0.6) is 11.5 Å². The summed E-state index contributed by atoms with van der Waals surface area (Å²) in [6, 6.07) is 17.4. The van der Waals surface area contributed by atoms with Crippen LogP contribution in [-0.4, -0.2) is 15.6 Å². The predicted octanol–water partition coefficient (Wildman–Crippen LogP) is 4.42. The Labute approximate surface area is 146 Å². The first-order valence-corrected chi connectivity index (χ1v) is 8.30. The Hall–Kier alpha value is -3.14. The number of aryl methyl sites for hydroxylation is 1. The second-order valence-corrected chi connectivity index (χ2v) is 6.11. The molecular weight excluding hydrogens is 312 g/mol. The highest BCUT2D eigenvalue weighted by Crippen LogP contribution is 2.28. The number of Topliss-reactive ketones (excluding diaryl/α,β-unsaturated/α-hetero) is 1. The number of hydrogen-bond donors (Lipinski definition) is 0. The molecule has 1 aliphatic carbocycles. The van der Waals surface area contributed by atoms with E-state index in [-0.39, 0.29) is 5.78 Å². The Morgan fingerprint density at radius 1 is 1.04 bits per heavy atom. The largest absolute Gasteiger partial charge is 0.457 e. The van der Waals surface area contributed by atoms with E-state index >= 15 is 0 Å². The van der Waals surface area contributed by atoms with Gasteiger partial charge in [-0.3, -0.25) is 9.48 Å². The lowest BCUT2D eigenvalue weighted by Gasteiger charge is -2.14. The molecule has 2 aromatic carbocycles. The highest BCUT2D eigenvalue weighted by Gasteiger charge is 2.24. The average Bonchev–Trinajstić information content (AvgIpc) is 3.00. The van der Waals surface area contributed by atoms with Crippen molar-refractivity contribution in [3.05, 3.63) is 83.2 Å². The average molecular weight is 330 g/mol. The minimum Gasteiger partial charge on any atom is -0.457 e. The zero-order valence-electron chi connectivity index (χ0n) is 14.0. The number of carbonyl (C=O) groups is 1. The van der Waals surface area contributed by atoms with Crippen LogP contribution in [0.3, 0.4) is 0 Å². The van der Waals surface area contributed by atoms with Crippen molar-refractivity contribution >= 4 is 11.9 Å². The molecule has 0 atom stereocenters. The smallest absolute Gasteiger partial charge is 0.192 e. The van der Waals surface area contributed by atoms with Crippen LogP contribution in [0.4, 0.5) is 0 Å². The van der Waals surface area contributed by atoms with E-state index in [9.17, 15) is 4.79 Å². The van der Waals surface area contributed by atoms with Gasteiger partial charge in [-0.05, 0) is 48.7 Å². The molecule has 0 saturated carbocycles. The number of ketones is 1. The summed E-state index contributed by atoms with van der Waals surface area (Å²) in [4.78, 5) is 12.7. The van der Waals surface area contributed by atoms with Crippen molar-refractivity contribution in [2.75, 3.05) is 0 Å². The van der Waals surface area contributed by atoms with Gasteiger partial charge in [0.1, 0.15) is 11.5 Å². The summed E-state index contributed by atoms with van der Waals surface area (Å²) in [5, 5.41) is 4.20. The summed E-state index contributed by atoms with van der Waals surface area (Å²) in [7, 11) is 1.88. The van der Waals surface area contributed by atoms with Gasteiger partial charge in [0.25, 0.3) is 0 Å². The molecule has 0 amide bonds. The number of fused-ring (bicyclic) bond motifs is 1. The summed E-state index contributed by atoms with van der Waals surface area (Å²) >= 11 is 0. The van der Waals surface area contributed by atoms with E-state index in [1.807, 2.05) is 67.7 Å². The Bertz CT molecular complexity index is 955. The van der Waals surface area contributed by atoms with E-state index in [1.54, 1.807) is 10.9 Å². The first kappa shape index (κ1) is 15.4. The third-order valence-electron chi connectivity index (χ3n) is 4.41. The van der Waals surface area contributed by atoms with Gasteiger partial charge in [0.05, 0.1) is 11.8 Å². The molecular formula is C21H18N2O2. The number of nitrogens with zero attached hydrogens (tertiary/aromatic N) is 2. The van der Waals surface area contributed by atoms with E-state index in [4.69, 9.17) is 4.74 Å². The standard InChI is InChI=1S/C21H18N2O2/c1-23-20-11-10-16(21(24)19(20)14-22-23)12-15-6-5-9-18(13-15)25-17-7-3-2-4-8-17/h2-9,12-14H,10-11H2,1H3/b16-12+. The van der Waals surface area contributed by atoms with Crippen molar-refractivity contribution in [1.82, 2.24) is 9.78 Å². The van der Waals surface area contributed by atoms with Crippen molar-refractivity contribution in [1.29, 1.82) is 0 Å². The minimum atomic E-state index is 0.0729. The summed E-state index contributed by atoms with van der Waals surface area (Å²) in [5.74, 6) is 1.62. The molecule has 1 aliphatic rings. The third kappa shape index (κ3) is 3.11. The maximum Gasteiger partial charge on any atom is 0.192 e. The molecule has 3 aromatic rings. The van der Waals surface area contributed by atoms with E-state index in [2.05, 4.69) is 5.10 Å². The lowest BCUT2D eigenvalue weighted by Crippen LogP contribution is -2.14. The van der Waals surface area contributed by atoms with Crippen molar-refractivity contribution in [3.8, 4) is 11.5 Å². The highest BCUT2D eigenvalue weighted by molar-refractivity contribution is 6.12. The zero-order valence-corrected chi connectivity index (χ0v) is 14.0. The maximum absolute atomic E-state index is 12.7. The third-order valence-corrected chi connectivity index (χ3v) is 4.41. The van der Waals surface area contributed by atoms with E-state index in [1.165, 1.54) is 0 Å². The molecule has 0 radical (unpaired) electrons. The van der Waals surface area contributed by atoms with Crippen LogP contribution >= 0.6 is 0 Å². The zero-order chi connectivity index (χ0) is 17.2. The topological polar surface area (TPSA) is 44.1 Å². The van der Waals surface area contributed by atoms with Crippen molar-refractivity contribution < 1.29 is 9.53 Å². The molecule has 0 unspecified atom stereocenters. The van der Waals surface area contributed by atoms with E-state index in [0.717, 1.165) is 46.7 Å². The van der Waals surface area contributed by atoms with E-state index < -0.39 is 0 Å². The summed E-state index contributed by atoms with van der Waals surface area (Å²) in [5.41, 5.74) is 3.52. The fourth-order valence-corrected chi connectivity index (χ4v) is 3.12. The Morgan fingerprint density at radius 2 is 1.84 bits per heavy atom. The van der Waals surface area contributed by atoms with Crippen LogP contribution in [0.1, 0.15) is 28.0 Å². The van der Waals surface area contributed by atoms with Crippen LogP contribution in [0.25, 0.3) is 6.08 Å². The number of para-hydroxylation sites is 1. The number of benzene rings is 2. The molecule has 0 fully saturated rings. The van der Waals surface area contributed by atoms with Gasteiger partial charge in [-0.15, -0.1) is 0 Å². The maximum atomic E-state index is 12.7. The van der Waals surface area contributed by atoms with Gasteiger partial charge in [-0.2, -0.15) is 5.10 Å². The van der Waals surface area contributed by atoms with Gasteiger partial charge in [0.15, 0.2) is 5.78 Å². The Kier molecular flexibility index (Phi) is 3.94. The number of ether oxygens (including phenoxy) is 1. The van der Waals surface area contributed by atoms with Gasteiger partial charge in [-0.1, -0.05) is 30.3 Å². The van der Waals surface area contributed by atoms with Crippen LogP contribution in [0.15, 0.2) is 66.4 Å². The number of allylic oxidation sites excluding steroid dienone is 1. The number of rotatable bonds is 3. The van der Waals surface area contributed by atoms with Crippen LogP contribution in [0.2, 0.25) is 0 Å². The Morgan fingerprint density at radius 3 is 2.68 bits per heavy atom. The fourth-order valence-electron chi connectivity index (χ4n) is 3.12. The molecule has 4 nitrogen and oxygen atoms in total. The highest BCUT2D eigenvalue weighted by atomic mass is 16.5. The first-order chi connectivity index (χ1) is 12.2. The lowest BCUT2D eigenvalue weighted by molar-refractivity contribution is 0.102. The monoisotopic (exact) mass is 330 g/mol. The second kappa shape index (κ2) is 6.40. The molecule has 1 heterocycles. The molecule has 0 N–H and O–H groups in total.